The molecule has 0 aromatic heterocycles. The van der Waals surface area contributed by atoms with Crippen LogP contribution in [-0.4, -0.2) is 42.5 Å². The second kappa shape index (κ2) is 7.81. The average molecular weight is 345 g/mol. The summed E-state index contributed by atoms with van der Waals surface area (Å²) in [5, 5.41) is 3.49. The van der Waals surface area contributed by atoms with Crippen LogP contribution in [0.25, 0.3) is 0 Å². The van der Waals surface area contributed by atoms with Gasteiger partial charge in [-0.1, -0.05) is 23.2 Å². The highest BCUT2D eigenvalue weighted by Gasteiger charge is 2.22. The van der Waals surface area contributed by atoms with E-state index < -0.39 is 0 Å². The molecular formula is C15H18Cl2N2O3. The van der Waals surface area contributed by atoms with Crippen LogP contribution in [-0.2, 0) is 14.3 Å². The lowest BCUT2D eigenvalue weighted by molar-refractivity contribution is -0.134. The normalized spacial score (nSPS) is 17.3. The van der Waals surface area contributed by atoms with E-state index in [1.807, 2.05) is 0 Å². The Kier molecular flexibility index (Phi) is 6.06. The first kappa shape index (κ1) is 17.1. The van der Waals surface area contributed by atoms with Crippen molar-refractivity contribution < 1.29 is 14.3 Å². The van der Waals surface area contributed by atoms with Gasteiger partial charge in [-0.15, -0.1) is 0 Å². The van der Waals surface area contributed by atoms with Crippen LogP contribution >= 0.6 is 23.2 Å². The maximum Gasteiger partial charge on any atom is 0.243 e. The minimum atomic E-state index is -0.286. The first-order valence-corrected chi connectivity index (χ1v) is 7.83. The molecule has 1 heterocycles. The highest BCUT2D eigenvalue weighted by Crippen LogP contribution is 2.25. The predicted molar refractivity (Wildman–Crippen MR) is 86.3 cm³/mol. The fourth-order valence-corrected chi connectivity index (χ4v) is 2.58. The topological polar surface area (TPSA) is 58.6 Å². The monoisotopic (exact) mass is 344 g/mol. The Bertz CT molecular complexity index is 560. The highest BCUT2D eigenvalue weighted by molar-refractivity contribution is 6.42. The number of ether oxygens (including phenoxy) is 1. The Balaban J connectivity index is 1.92. The zero-order chi connectivity index (χ0) is 16.1. The van der Waals surface area contributed by atoms with Gasteiger partial charge in [0.15, 0.2) is 0 Å². The third kappa shape index (κ3) is 4.87. The molecule has 0 radical (unpaired) electrons. The Morgan fingerprint density at radius 3 is 2.73 bits per heavy atom. The fraction of sp³-hybridized carbons (Fsp3) is 0.467. The average Bonchev–Trinajstić information content (AvgIpc) is 2.95. The van der Waals surface area contributed by atoms with Crippen molar-refractivity contribution in [1.29, 1.82) is 0 Å². The minimum absolute atomic E-state index is 0.0154. The van der Waals surface area contributed by atoms with E-state index in [1.54, 1.807) is 18.2 Å². The number of hydrogen-bond donors (Lipinski definition) is 1. The van der Waals surface area contributed by atoms with Crippen molar-refractivity contribution in [3.05, 3.63) is 28.2 Å². The van der Waals surface area contributed by atoms with Crippen molar-refractivity contribution in [1.82, 2.24) is 4.90 Å². The minimum Gasteiger partial charge on any atom is -0.376 e. The van der Waals surface area contributed by atoms with Gasteiger partial charge in [0, 0.05) is 25.8 Å². The van der Waals surface area contributed by atoms with Crippen molar-refractivity contribution >= 4 is 40.7 Å². The van der Waals surface area contributed by atoms with Gasteiger partial charge in [-0.2, -0.15) is 0 Å². The van der Waals surface area contributed by atoms with Gasteiger partial charge in [-0.25, -0.2) is 0 Å². The molecule has 5 nitrogen and oxygen atoms in total. The SMILES string of the molecule is CC(=O)N(CC(=O)Nc1ccc(Cl)c(Cl)c1)CC1CCCO1. The second-order valence-corrected chi connectivity index (χ2v) is 6.03. The van der Waals surface area contributed by atoms with Crippen molar-refractivity contribution in [3.8, 4) is 0 Å². The van der Waals surface area contributed by atoms with E-state index in [4.69, 9.17) is 27.9 Å². The molecule has 1 unspecified atom stereocenters. The molecule has 0 spiro atoms. The molecule has 1 saturated heterocycles. The first-order valence-electron chi connectivity index (χ1n) is 7.07. The maximum absolute atomic E-state index is 12.1. The van der Waals surface area contributed by atoms with Gasteiger partial charge in [0.05, 0.1) is 22.7 Å². The second-order valence-electron chi connectivity index (χ2n) is 5.21. The number of carbonyl (C=O) groups excluding carboxylic acids is 2. The number of nitrogens with one attached hydrogen (secondary N) is 1. The van der Waals surface area contributed by atoms with Crippen LogP contribution in [0.15, 0.2) is 18.2 Å². The molecule has 1 aromatic rings. The van der Waals surface area contributed by atoms with Gasteiger partial charge in [0.2, 0.25) is 11.8 Å². The number of hydrogen-bond acceptors (Lipinski definition) is 3. The molecule has 1 aliphatic rings. The highest BCUT2D eigenvalue weighted by atomic mass is 35.5. The zero-order valence-corrected chi connectivity index (χ0v) is 13.8. The third-order valence-corrected chi connectivity index (χ3v) is 4.17. The van der Waals surface area contributed by atoms with Crippen LogP contribution < -0.4 is 5.32 Å². The smallest absolute Gasteiger partial charge is 0.243 e. The van der Waals surface area contributed by atoms with Crippen LogP contribution in [0.2, 0.25) is 10.0 Å². The summed E-state index contributed by atoms with van der Waals surface area (Å²) in [4.78, 5) is 25.2. The molecule has 0 aliphatic carbocycles. The lowest BCUT2D eigenvalue weighted by Gasteiger charge is -2.23. The van der Waals surface area contributed by atoms with Crippen molar-refractivity contribution in [2.45, 2.75) is 25.9 Å². The van der Waals surface area contributed by atoms with Crippen molar-refractivity contribution in [2.24, 2.45) is 0 Å². The van der Waals surface area contributed by atoms with Gasteiger partial charge in [0.25, 0.3) is 0 Å². The van der Waals surface area contributed by atoms with E-state index in [-0.39, 0.29) is 24.5 Å². The molecule has 2 amide bonds. The quantitative estimate of drug-likeness (QED) is 0.893. The molecule has 120 valence electrons. The summed E-state index contributed by atoms with van der Waals surface area (Å²) in [6.45, 7) is 2.58. The van der Waals surface area contributed by atoms with Gasteiger partial charge in [-0.3, -0.25) is 9.59 Å². The summed E-state index contributed by atoms with van der Waals surface area (Å²) in [5.41, 5.74) is 0.542. The van der Waals surface area contributed by atoms with Gasteiger partial charge in [-0.05, 0) is 31.0 Å². The summed E-state index contributed by atoms with van der Waals surface area (Å²) in [6, 6.07) is 4.83. The first-order chi connectivity index (χ1) is 10.5. The van der Waals surface area contributed by atoms with Crippen LogP contribution in [0.3, 0.4) is 0 Å². The summed E-state index contributed by atoms with van der Waals surface area (Å²) >= 11 is 11.7. The molecule has 22 heavy (non-hydrogen) atoms. The van der Waals surface area contributed by atoms with Crippen LogP contribution in [0.1, 0.15) is 19.8 Å². The fourth-order valence-electron chi connectivity index (χ4n) is 2.29. The Labute approximate surface area is 139 Å². The summed E-state index contributed by atoms with van der Waals surface area (Å²) in [7, 11) is 0. The number of rotatable bonds is 5. The Hall–Kier alpha value is -1.30. The lowest BCUT2D eigenvalue weighted by atomic mass is 10.2. The molecule has 1 aromatic carbocycles. The van der Waals surface area contributed by atoms with E-state index in [2.05, 4.69) is 5.32 Å². The molecule has 7 heteroatoms. The van der Waals surface area contributed by atoms with Gasteiger partial charge < -0.3 is 15.0 Å². The van der Waals surface area contributed by atoms with Crippen LogP contribution in [0, 0.1) is 0 Å². The number of carbonyl (C=O) groups is 2. The number of benzene rings is 1. The number of halogens is 2. The van der Waals surface area contributed by atoms with E-state index in [9.17, 15) is 9.59 Å². The van der Waals surface area contributed by atoms with E-state index >= 15 is 0 Å². The lowest BCUT2D eigenvalue weighted by Crippen LogP contribution is -2.41. The van der Waals surface area contributed by atoms with Gasteiger partial charge in [0.1, 0.15) is 0 Å². The molecule has 2 rings (SSSR count). The Morgan fingerprint density at radius 1 is 1.36 bits per heavy atom. The summed E-state index contributed by atoms with van der Waals surface area (Å²) < 4.78 is 5.50. The molecule has 1 atom stereocenters. The summed E-state index contributed by atoms with van der Waals surface area (Å²) in [6.07, 6.45) is 1.92. The van der Waals surface area contributed by atoms with Crippen molar-refractivity contribution in [2.75, 3.05) is 25.0 Å². The van der Waals surface area contributed by atoms with Crippen molar-refractivity contribution in [3.63, 3.8) is 0 Å². The zero-order valence-electron chi connectivity index (χ0n) is 12.3. The van der Waals surface area contributed by atoms with E-state index in [0.717, 1.165) is 12.8 Å². The number of anilines is 1. The largest absolute Gasteiger partial charge is 0.376 e. The third-order valence-electron chi connectivity index (χ3n) is 3.43. The predicted octanol–water partition coefficient (Wildman–Crippen LogP) is 2.96. The number of nitrogens with zero attached hydrogens (tertiary/aromatic N) is 1. The number of amides is 2. The molecule has 1 fully saturated rings. The standard InChI is InChI=1S/C15H18Cl2N2O3/c1-10(20)19(8-12-3-2-6-22-12)9-15(21)18-11-4-5-13(16)14(17)7-11/h4-5,7,12H,2-3,6,8-9H2,1H3,(H,18,21). The van der Waals surface area contributed by atoms with Gasteiger partial charge >= 0.3 is 0 Å². The summed E-state index contributed by atoms with van der Waals surface area (Å²) in [5.74, 6) is -0.439. The molecule has 0 bridgehead atoms. The van der Waals surface area contributed by atoms with E-state index in [1.165, 1.54) is 11.8 Å². The molecule has 1 aliphatic heterocycles. The van der Waals surface area contributed by atoms with E-state index in [0.29, 0.717) is 28.9 Å². The van der Waals surface area contributed by atoms with Crippen LogP contribution in [0.4, 0.5) is 5.69 Å². The Morgan fingerprint density at radius 2 is 2.14 bits per heavy atom. The van der Waals surface area contributed by atoms with Crippen LogP contribution in [0.5, 0.6) is 0 Å². The maximum atomic E-state index is 12.1. The molecule has 1 N–H and O–H groups in total. The molecule has 0 saturated carbocycles. The molecular weight excluding hydrogens is 327 g/mol.